The molecule has 1 amide bonds. The van der Waals surface area contributed by atoms with Crippen LogP contribution >= 0.6 is 0 Å². The number of carbonyl (C=O) groups is 2. The molecule has 1 aromatic heterocycles. The van der Waals surface area contributed by atoms with Crippen LogP contribution in [0.25, 0.3) is 10.9 Å². The lowest BCUT2D eigenvalue weighted by atomic mass is 10.2. The number of anilines is 1. The molecule has 2 aromatic rings. The third kappa shape index (κ3) is 3.07. The predicted molar refractivity (Wildman–Crippen MR) is 78.2 cm³/mol. The van der Waals surface area contributed by atoms with E-state index in [1.54, 1.807) is 29.2 Å². The number of carbonyl (C=O) groups excluding carboxylic acids is 1. The van der Waals surface area contributed by atoms with Gasteiger partial charge in [-0.05, 0) is 26.0 Å². The van der Waals surface area contributed by atoms with Crippen LogP contribution in [0.3, 0.4) is 0 Å². The number of rotatable bonds is 5. The first-order chi connectivity index (χ1) is 9.90. The lowest BCUT2D eigenvalue weighted by molar-refractivity contribution is -0.116. The molecule has 21 heavy (non-hydrogen) atoms. The van der Waals surface area contributed by atoms with Gasteiger partial charge in [0.2, 0.25) is 11.7 Å². The Kier molecular flexibility index (Phi) is 4.02. The summed E-state index contributed by atoms with van der Waals surface area (Å²) in [6.45, 7) is 3.71. The first-order valence-corrected chi connectivity index (χ1v) is 6.45. The zero-order valence-electron chi connectivity index (χ0n) is 11.8. The van der Waals surface area contributed by atoms with Crippen molar-refractivity contribution in [3.63, 3.8) is 0 Å². The molecule has 0 unspecified atom stereocenters. The van der Waals surface area contributed by atoms with Crippen LogP contribution in [-0.2, 0) is 4.79 Å². The second-order valence-electron chi connectivity index (χ2n) is 4.88. The van der Waals surface area contributed by atoms with E-state index >= 15 is 0 Å². The van der Waals surface area contributed by atoms with E-state index < -0.39 is 11.9 Å². The summed E-state index contributed by atoms with van der Waals surface area (Å²) in [5.74, 6) is -1.64. The molecule has 0 aliphatic rings. The summed E-state index contributed by atoms with van der Waals surface area (Å²) in [5, 5.41) is 9.81. The molecule has 3 N–H and O–H groups in total. The molecule has 0 fully saturated rings. The number of benzene rings is 1. The molecule has 0 atom stereocenters. The maximum atomic E-state index is 11.3. The Balaban J connectivity index is 2.69. The number of carboxylic acids is 1. The quantitative estimate of drug-likeness (QED) is 0.850. The van der Waals surface area contributed by atoms with Gasteiger partial charge in [0.05, 0.1) is 12.1 Å². The summed E-state index contributed by atoms with van der Waals surface area (Å²) < 4.78 is 0. The van der Waals surface area contributed by atoms with E-state index in [-0.39, 0.29) is 18.4 Å². The standard InChI is InChI=1S/C14H16N4O3/c1-8(2)18(7-11(15)19)13-9-5-3-4-6-10(9)16-12(17-13)14(20)21/h3-6,8H,7H2,1-2H3,(H2,15,19)(H,20,21). The maximum Gasteiger partial charge on any atom is 0.374 e. The third-order valence-electron chi connectivity index (χ3n) is 3.00. The molecule has 2 rings (SSSR count). The number of hydrogen-bond acceptors (Lipinski definition) is 5. The maximum absolute atomic E-state index is 11.3. The lowest BCUT2D eigenvalue weighted by Gasteiger charge is -2.27. The van der Waals surface area contributed by atoms with E-state index in [4.69, 9.17) is 10.8 Å². The molecule has 0 saturated carbocycles. The van der Waals surface area contributed by atoms with E-state index in [9.17, 15) is 9.59 Å². The van der Waals surface area contributed by atoms with Gasteiger partial charge in [-0.2, -0.15) is 0 Å². The van der Waals surface area contributed by atoms with Gasteiger partial charge < -0.3 is 15.7 Å². The highest BCUT2D eigenvalue weighted by molar-refractivity contribution is 5.95. The molecule has 0 aliphatic heterocycles. The van der Waals surface area contributed by atoms with Crippen LogP contribution in [0.15, 0.2) is 24.3 Å². The largest absolute Gasteiger partial charge is 0.475 e. The zero-order chi connectivity index (χ0) is 15.6. The number of carboxylic acid groups (broad SMARTS) is 1. The zero-order valence-corrected chi connectivity index (χ0v) is 11.8. The van der Waals surface area contributed by atoms with Crippen LogP contribution in [0.4, 0.5) is 5.82 Å². The van der Waals surface area contributed by atoms with E-state index in [1.807, 2.05) is 13.8 Å². The van der Waals surface area contributed by atoms with Gasteiger partial charge in [-0.3, -0.25) is 4.79 Å². The van der Waals surface area contributed by atoms with Crippen molar-refractivity contribution in [3.8, 4) is 0 Å². The van der Waals surface area contributed by atoms with Crippen molar-refractivity contribution in [1.82, 2.24) is 9.97 Å². The first kappa shape index (κ1) is 14.7. The molecule has 0 bridgehead atoms. The van der Waals surface area contributed by atoms with Crippen molar-refractivity contribution in [1.29, 1.82) is 0 Å². The van der Waals surface area contributed by atoms with Gasteiger partial charge in [-0.15, -0.1) is 0 Å². The van der Waals surface area contributed by atoms with Crippen LogP contribution in [-0.4, -0.2) is 39.5 Å². The lowest BCUT2D eigenvalue weighted by Crippen LogP contribution is -2.39. The fourth-order valence-corrected chi connectivity index (χ4v) is 2.04. The second kappa shape index (κ2) is 5.74. The minimum atomic E-state index is -1.22. The Bertz CT molecular complexity index is 700. The Labute approximate surface area is 121 Å². The number of amides is 1. The fraction of sp³-hybridized carbons (Fsp3) is 0.286. The minimum absolute atomic E-state index is 0.0439. The van der Waals surface area contributed by atoms with E-state index in [0.717, 1.165) is 0 Å². The van der Waals surface area contributed by atoms with Crippen molar-refractivity contribution in [2.45, 2.75) is 19.9 Å². The Morgan fingerprint density at radius 3 is 2.52 bits per heavy atom. The number of aromatic nitrogens is 2. The summed E-state index contributed by atoms with van der Waals surface area (Å²) in [5.41, 5.74) is 5.78. The third-order valence-corrected chi connectivity index (χ3v) is 3.00. The van der Waals surface area contributed by atoms with Crippen LogP contribution in [0.5, 0.6) is 0 Å². The molecule has 0 radical (unpaired) electrons. The van der Waals surface area contributed by atoms with Gasteiger partial charge in [0.25, 0.3) is 0 Å². The number of para-hydroxylation sites is 1. The van der Waals surface area contributed by atoms with Gasteiger partial charge in [0.1, 0.15) is 5.82 Å². The highest BCUT2D eigenvalue weighted by atomic mass is 16.4. The number of aromatic carboxylic acids is 1. The first-order valence-electron chi connectivity index (χ1n) is 6.45. The van der Waals surface area contributed by atoms with Gasteiger partial charge in [0.15, 0.2) is 0 Å². The van der Waals surface area contributed by atoms with Crippen molar-refractivity contribution in [2.75, 3.05) is 11.4 Å². The molecule has 0 aliphatic carbocycles. The second-order valence-corrected chi connectivity index (χ2v) is 4.88. The number of nitrogens with zero attached hydrogens (tertiary/aromatic N) is 3. The summed E-state index contributed by atoms with van der Waals surface area (Å²) in [4.78, 5) is 32.2. The van der Waals surface area contributed by atoms with Gasteiger partial charge >= 0.3 is 5.97 Å². The molecule has 110 valence electrons. The highest BCUT2D eigenvalue weighted by Gasteiger charge is 2.20. The number of nitrogens with two attached hydrogens (primary N) is 1. The summed E-state index contributed by atoms with van der Waals surface area (Å²) in [6, 6.07) is 6.98. The fourth-order valence-electron chi connectivity index (χ4n) is 2.04. The highest BCUT2D eigenvalue weighted by Crippen LogP contribution is 2.25. The van der Waals surface area contributed by atoms with Gasteiger partial charge in [-0.1, -0.05) is 12.1 Å². The monoisotopic (exact) mass is 288 g/mol. The molecule has 7 nitrogen and oxygen atoms in total. The molecule has 1 aromatic carbocycles. The molecule has 0 spiro atoms. The number of hydrogen-bond donors (Lipinski definition) is 2. The average Bonchev–Trinajstić information content (AvgIpc) is 2.43. The van der Waals surface area contributed by atoms with Crippen LogP contribution in [0.1, 0.15) is 24.5 Å². The average molecular weight is 288 g/mol. The summed E-state index contributed by atoms with van der Waals surface area (Å²) in [7, 11) is 0. The van der Waals surface area contributed by atoms with Crippen LogP contribution < -0.4 is 10.6 Å². The smallest absolute Gasteiger partial charge is 0.374 e. The topological polar surface area (TPSA) is 109 Å². The van der Waals surface area contributed by atoms with E-state index in [0.29, 0.717) is 16.7 Å². The number of fused-ring (bicyclic) bond motifs is 1. The van der Waals surface area contributed by atoms with Gasteiger partial charge in [-0.25, -0.2) is 14.8 Å². The Morgan fingerprint density at radius 1 is 1.29 bits per heavy atom. The predicted octanol–water partition coefficient (Wildman–Crippen LogP) is 1.03. The van der Waals surface area contributed by atoms with Crippen molar-refractivity contribution < 1.29 is 14.7 Å². The van der Waals surface area contributed by atoms with Crippen LogP contribution in [0, 0.1) is 0 Å². The Morgan fingerprint density at radius 2 is 1.95 bits per heavy atom. The Hall–Kier alpha value is -2.70. The SMILES string of the molecule is CC(C)N(CC(N)=O)c1nc(C(=O)O)nc2ccccc12. The number of primary amides is 1. The van der Waals surface area contributed by atoms with Crippen molar-refractivity contribution >= 4 is 28.6 Å². The van der Waals surface area contributed by atoms with Crippen molar-refractivity contribution in [3.05, 3.63) is 30.1 Å². The van der Waals surface area contributed by atoms with Gasteiger partial charge in [0, 0.05) is 11.4 Å². The molecule has 1 heterocycles. The van der Waals surface area contributed by atoms with Crippen LogP contribution in [0.2, 0.25) is 0 Å². The molecular formula is C14H16N4O3. The van der Waals surface area contributed by atoms with E-state index in [1.165, 1.54) is 0 Å². The van der Waals surface area contributed by atoms with Crippen molar-refractivity contribution in [2.24, 2.45) is 5.73 Å². The molecule has 7 heteroatoms. The van der Waals surface area contributed by atoms with E-state index in [2.05, 4.69) is 9.97 Å². The minimum Gasteiger partial charge on any atom is -0.475 e. The normalized spacial score (nSPS) is 10.8. The molecular weight excluding hydrogens is 272 g/mol. The summed E-state index contributed by atoms with van der Waals surface area (Å²) in [6.07, 6.45) is 0. The summed E-state index contributed by atoms with van der Waals surface area (Å²) >= 11 is 0. The molecule has 0 saturated heterocycles.